The highest BCUT2D eigenvalue weighted by atomic mass is 79.9. The van der Waals surface area contributed by atoms with Crippen molar-refractivity contribution < 1.29 is 9.18 Å². The molecular weight excluding hydrogens is 355 g/mol. The zero-order valence-corrected chi connectivity index (χ0v) is 13.2. The van der Waals surface area contributed by atoms with Gasteiger partial charge in [0.15, 0.2) is 0 Å². The van der Waals surface area contributed by atoms with E-state index >= 15 is 0 Å². The van der Waals surface area contributed by atoms with Crippen molar-refractivity contribution in [2.75, 3.05) is 0 Å². The number of benzene rings is 2. The van der Waals surface area contributed by atoms with Crippen LogP contribution in [-0.2, 0) is 0 Å². The molecular formula is C15H12BrFN2OS. The predicted octanol–water partition coefficient (Wildman–Crippen LogP) is 3.35. The van der Waals surface area contributed by atoms with E-state index in [4.69, 9.17) is 18.0 Å². The van der Waals surface area contributed by atoms with Crippen LogP contribution >= 0.6 is 28.1 Å². The van der Waals surface area contributed by atoms with Gasteiger partial charge in [-0.05, 0) is 33.6 Å². The van der Waals surface area contributed by atoms with E-state index in [1.165, 1.54) is 12.1 Å². The average molecular weight is 367 g/mol. The van der Waals surface area contributed by atoms with E-state index in [-0.39, 0.29) is 15.0 Å². The molecule has 0 radical (unpaired) electrons. The van der Waals surface area contributed by atoms with Crippen molar-refractivity contribution in [3.8, 4) is 0 Å². The minimum absolute atomic E-state index is 0.0680. The Hall–Kier alpha value is -1.79. The molecule has 0 spiro atoms. The second kappa shape index (κ2) is 6.78. The van der Waals surface area contributed by atoms with Crippen molar-refractivity contribution in [1.29, 1.82) is 0 Å². The molecule has 2 rings (SSSR count). The maximum absolute atomic E-state index is 13.9. The molecule has 0 saturated carbocycles. The second-order valence-corrected chi connectivity index (χ2v) is 5.65. The monoisotopic (exact) mass is 366 g/mol. The van der Waals surface area contributed by atoms with E-state index in [2.05, 4.69) is 21.2 Å². The molecule has 1 unspecified atom stereocenters. The van der Waals surface area contributed by atoms with Gasteiger partial charge in [-0.2, -0.15) is 0 Å². The molecule has 6 heteroatoms. The number of rotatable bonds is 4. The molecule has 3 N–H and O–H groups in total. The Morgan fingerprint density at radius 1 is 1.19 bits per heavy atom. The number of amides is 1. The average Bonchev–Trinajstić information content (AvgIpc) is 2.48. The molecule has 2 aromatic carbocycles. The van der Waals surface area contributed by atoms with Gasteiger partial charge in [-0.3, -0.25) is 4.79 Å². The molecule has 0 aromatic heterocycles. The lowest BCUT2D eigenvalue weighted by molar-refractivity contribution is 0.0942. The third-order valence-corrected chi connectivity index (χ3v) is 3.74. The van der Waals surface area contributed by atoms with Crippen LogP contribution in [0.5, 0.6) is 0 Å². The molecule has 1 atom stereocenters. The number of thiocarbonyl (C=S) groups is 1. The van der Waals surface area contributed by atoms with E-state index in [9.17, 15) is 9.18 Å². The SMILES string of the molecule is NC(=S)C(NC(=O)c1cccc(Br)c1F)c1ccccc1. The quantitative estimate of drug-likeness (QED) is 0.815. The molecule has 1 amide bonds. The van der Waals surface area contributed by atoms with E-state index in [0.717, 1.165) is 5.56 Å². The maximum Gasteiger partial charge on any atom is 0.255 e. The van der Waals surface area contributed by atoms with Gasteiger partial charge in [0.1, 0.15) is 16.8 Å². The van der Waals surface area contributed by atoms with E-state index in [1.807, 2.05) is 18.2 Å². The maximum atomic E-state index is 13.9. The van der Waals surface area contributed by atoms with Crippen LogP contribution in [0.3, 0.4) is 0 Å². The van der Waals surface area contributed by atoms with Gasteiger partial charge in [0.2, 0.25) is 0 Å². The molecule has 0 aliphatic rings. The molecule has 0 fully saturated rings. The normalized spacial score (nSPS) is 11.7. The molecule has 0 aliphatic carbocycles. The number of hydrogen-bond acceptors (Lipinski definition) is 2. The van der Waals surface area contributed by atoms with Crippen LogP contribution in [-0.4, -0.2) is 10.9 Å². The summed E-state index contributed by atoms with van der Waals surface area (Å²) in [5.74, 6) is -1.19. The highest BCUT2D eigenvalue weighted by Crippen LogP contribution is 2.20. The van der Waals surface area contributed by atoms with Crippen LogP contribution < -0.4 is 11.1 Å². The fourth-order valence-corrected chi connectivity index (χ4v) is 2.41. The molecule has 0 heterocycles. The van der Waals surface area contributed by atoms with Gasteiger partial charge in [-0.1, -0.05) is 48.6 Å². The first kappa shape index (κ1) is 15.6. The third kappa shape index (κ3) is 3.65. The topological polar surface area (TPSA) is 55.1 Å². The number of hydrogen-bond donors (Lipinski definition) is 2. The van der Waals surface area contributed by atoms with Crippen molar-refractivity contribution in [3.63, 3.8) is 0 Å². The number of carbonyl (C=O) groups excluding carboxylic acids is 1. The number of halogens is 2. The van der Waals surface area contributed by atoms with Gasteiger partial charge in [-0.25, -0.2) is 4.39 Å². The van der Waals surface area contributed by atoms with Crippen LogP contribution in [0.4, 0.5) is 4.39 Å². The zero-order chi connectivity index (χ0) is 15.4. The summed E-state index contributed by atoms with van der Waals surface area (Å²) in [5, 5.41) is 2.65. The first-order valence-corrected chi connectivity index (χ1v) is 7.30. The summed E-state index contributed by atoms with van der Waals surface area (Å²) in [6, 6.07) is 12.9. The summed E-state index contributed by atoms with van der Waals surface area (Å²) in [7, 11) is 0. The van der Waals surface area contributed by atoms with E-state index in [1.54, 1.807) is 18.2 Å². The summed E-state index contributed by atoms with van der Waals surface area (Å²) in [4.78, 5) is 12.3. The highest BCUT2D eigenvalue weighted by molar-refractivity contribution is 9.10. The summed E-state index contributed by atoms with van der Waals surface area (Å²) in [6.45, 7) is 0. The fraction of sp³-hybridized carbons (Fsp3) is 0.0667. The number of nitrogens with one attached hydrogen (secondary N) is 1. The highest BCUT2D eigenvalue weighted by Gasteiger charge is 2.20. The largest absolute Gasteiger partial charge is 0.391 e. The van der Waals surface area contributed by atoms with Gasteiger partial charge in [0.25, 0.3) is 5.91 Å². The second-order valence-electron chi connectivity index (χ2n) is 4.32. The molecule has 2 aromatic rings. The first-order valence-electron chi connectivity index (χ1n) is 6.10. The molecule has 108 valence electrons. The summed E-state index contributed by atoms with van der Waals surface area (Å²) < 4.78 is 14.2. The lowest BCUT2D eigenvalue weighted by Crippen LogP contribution is -2.36. The van der Waals surface area contributed by atoms with Crippen LogP contribution in [0.2, 0.25) is 0 Å². The first-order chi connectivity index (χ1) is 10.0. The molecule has 3 nitrogen and oxygen atoms in total. The summed E-state index contributed by atoms with van der Waals surface area (Å²) in [6.07, 6.45) is 0. The molecule has 0 aliphatic heterocycles. The fourth-order valence-electron chi connectivity index (χ4n) is 1.85. The van der Waals surface area contributed by atoms with Crippen molar-refractivity contribution in [2.24, 2.45) is 5.73 Å². The van der Waals surface area contributed by atoms with Crippen LogP contribution in [0.25, 0.3) is 0 Å². The molecule has 21 heavy (non-hydrogen) atoms. The Morgan fingerprint density at radius 2 is 1.86 bits per heavy atom. The van der Waals surface area contributed by atoms with Gasteiger partial charge in [0.05, 0.1) is 10.0 Å². The zero-order valence-electron chi connectivity index (χ0n) is 10.8. The van der Waals surface area contributed by atoms with Crippen molar-refractivity contribution in [3.05, 3.63) is 69.9 Å². The number of nitrogens with two attached hydrogens (primary N) is 1. The summed E-state index contributed by atoms with van der Waals surface area (Å²) >= 11 is 8.03. The lowest BCUT2D eigenvalue weighted by Gasteiger charge is -2.18. The van der Waals surface area contributed by atoms with Crippen LogP contribution in [0, 0.1) is 5.82 Å². The van der Waals surface area contributed by atoms with Crippen LogP contribution in [0.15, 0.2) is 53.0 Å². The Labute approximate surface area is 135 Å². The van der Waals surface area contributed by atoms with Crippen molar-refractivity contribution in [2.45, 2.75) is 6.04 Å². The van der Waals surface area contributed by atoms with E-state index < -0.39 is 17.8 Å². The lowest BCUT2D eigenvalue weighted by atomic mass is 10.1. The molecule has 0 saturated heterocycles. The van der Waals surface area contributed by atoms with Crippen molar-refractivity contribution in [1.82, 2.24) is 5.32 Å². The smallest absolute Gasteiger partial charge is 0.255 e. The Bertz CT molecular complexity index is 679. The Morgan fingerprint density at radius 3 is 2.48 bits per heavy atom. The summed E-state index contributed by atoms with van der Waals surface area (Å²) in [5.41, 5.74) is 6.35. The van der Waals surface area contributed by atoms with Crippen molar-refractivity contribution >= 4 is 39.0 Å². The minimum atomic E-state index is -0.646. The van der Waals surface area contributed by atoms with Gasteiger partial charge in [-0.15, -0.1) is 0 Å². The van der Waals surface area contributed by atoms with E-state index in [0.29, 0.717) is 0 Å². The van der Waals surface area contributed by atoms with Gasteiger partial charge in [0, 0.05) is 0 Å². The number of carbonyl (C=O) groups is 1. The molecule has 0 bridgehead atoms. The standard InChI is InChI=1S/C15H12BrFN2OS/c16-11-8-4-7-10(12(11)17)15(20)19-13(14(18)21)9-5-2-1-3-6-9/h1-8,13H,(H2,18,21)(H,19,20). The van der Waals surface area contributed by atoms with Crippen LogP contribution in [0.1, 0.15) is 22.0 Å². The minimum Gasteiger partial charge on any atom is -0.391 e. The van der Waals surface area contributed by atoms with Gasteiger partial charge < -0.3 is 11.1 Å². The van der Waals surface area contributed by atoms with Gasteiger partial charge >= 0.3 is 0 Å². The Kier molecular flexibility index (Phi) is 5.03. The Balaban J connectivity index is 2.28. The third-order valence-electron chi connectivity index (χ3n) is 2.89. The predicted molar refractivity (Wildman–Crippen MR) is 87.5 cm³/mol.